The van der Waals surface area contributed by atoms with E-state index < -0.39 is 9.84 Å². The molecule has 6 nitrogen and oxygen atoms in total. The zero-order valence-electron chi connectivity index (χ0n) is 16.5. The van der Waals surface area contributed by atoms with Crippen molar-refractivity contribution >= 4 is 15.7 Å². The van der Waals surface area contributed by atoms with Crippen molar-refractivity contribution in [3.63, 3.8) is 0 Å². The van der Waals surface area contributed by atoms with Gasteiger partial charge in [-0.1, -0.05) is 12.1 Å². The van der Waals surface area contributed by atoms with Crippen molar-refractivity contribution < 1.29 is 17.9 Å². The van der Waals surface area contributed by atoms with E-state index in [2.05, 4.69) is 9.88 Å². The highest BCUT2D eigenvalue weighted by Crippen LogP contribution is 2.37. The predicted molar refractivity (Wildman–Crippen MR) is 109 cm³/mol. The van der Waals surface area contributed by atoms with E-state index in [1.807, 2.05) is 12.1 Å². The molecule has 2 bridgehead atoms. The van der Waals surface area contributed by atoms with E-state index in [-0.39, 0.29) is 24.1 Å². The number of carbonyl (C=O) groups is 1. The van der Waals surface area contributed by atoms with Crippen LogP contribution in [0.15, 0.2) is 53.7 Å². The summed E-state index contributed by atoms with van der Waals surface area (Å²) in [6.07, 6.45) is 9.67. The molecule has 29 heavy (non-hydrogen) atoms. The predicted octanol–water partition coefficient (Wildman–Crippen LogP) is 3.02. The van der Waals surface area contributed by atoms with Crippen molar-refractivity contribution in [1.82, 2.24) is 9.88 Å². The molecule has 2 saturated heterocycles. The maximum Gasteiger partial charge on any atom is 0.223 e. The first-order chi connectivity index (χ1) is 13.9. The molecule has 1 aromatic carbocycles. The Morgan fingerprint density at radius 1 is 1.07 bits per heavy atom. The molecule has 2 aliphatic rings. The van der Waals surface area contributed by atoms with Crippen LogP contribution in [0.4, 0.5) is 0 Å². The number of amides is 1. The molecule has 2 fully saturated rings. The number of rotatable bonds is 6. The van der Waals surface area contributed by atoms with Crippen LogP contribution in [0.3, 0.4) is 0 Å². The quantitative estimate of drug-likeness (QED) is 0.726. The first-order valence-electron chi connectivity index (χ1n) is 10.1. The number of hydrogen-bond acceptors (Lipinski definition) is 5. The fourth-order valence-electron chi connectivity index (χ4n) is 4.52. The number of piperidine rings is 1. The van der Waals surface area contributed by atoms with Gasteiger partial charge in [-0.2, -0.15) is 0 Å². The summed E-state index contributed by atoms with van der Waals surface area (Å²) in [7, 11) is -3.19. The van der Waals surface area contributed by atoms with Gasteiger partial charge in [0.2, 0.25) is 5.91 Å². The number of nitrogens with zero attached hydrogens (tertiary/aromatic N) is 2. The van der Waals surface area contributed by atoms with Crippen LogP contribution in [0.5, 0.6) is 5.75 Å². The zero-order valence-corrected chi connectivity index (χ0v) is 17.3. The molecule has 3 heterocycles. The number of pyridine rings is 1. The average molecular weight is 415 g/mol. The Balaban J connectivity index is 1.33. The summed E-state index contributed by atoms with van der Waals surface area (Å²) in [4.78, 5) is 19.3. The fraction of sp³-hybridized carbons (Fsp3) is 0.455. The first kappa shape index (κ1) is 19.9. The van der Waals surface area contributed by atoms with Gasteiger partial charge in [0.25, 0.3) is 0 Å². The van der Waals surface area contributed by atoms with E-state index in [9.17, 15) is 13.2 Å². The van der Waals surface area contributed by atoms with Gasteiger partial charge in [0.1, 0.15) is 11.9 Å². The highest BCUT2D eigenvalue weighted by atomic mass is 32.2. The fourth-order valence-corrected chi connectivity index (χ4v) is 5.15. The second kappa shape index (κ2) is 8.14. The number of fused-ring (bicyclic) bond motifs is 2. The van der Waals surface area contributed by atoms with Gasteiger partial charge in [-0.15, -0.1) is 0 Å². The molecule has 0 spiro atoms. The number of ether oxygens (including phenoxy) is 1. The topological polar surface area (TPSA) is 76.6 Å². The van der Waals surface area contributed by atoms with Crippen LogP contribution in [0, 0.1) is 0 Å². The summed E-state index contributed by atoms with van der Waals surface area (Å²) in [6.45, 7) is 0. The molecular weight excluding hydrogens is 388 g/mol. The second-order valence-corrected chi connectivity index (χ2v) is 10.0. The summed E-state index contributed by atoms with van der Waals surface area (Å²) in [6, 6.07) is 11.1. The summed E-state index contributed by atoms with van der Waals surface area (Å²) >= 11 is 0. The van der Waals surface area contributed by atoms with E-state index in [4.69, 9.17) is 4.74 Å². The van der Waals surface area contributed by atoms with Crippen LogP contribution in [0.25, 0.3) is 0 Å². The number of aromatic nitrogens is 1. The Kier molecular flexibility index (Phi) is 5.58. The monoisotopic (exact) mass is 414 g/mol. The molecule has 0 saturated carbocycles. The van der Waals surface area contributed by atoms with Crippen molar-refractivity contribution in [3.05, 3.63) is 54.4 Å². The van der Waals surface area contributed by atoms with Gasteiger partial charge >= 0.3 is 0 Å². The largest absolute Gasteiger partial charge is 0.490 e. The third-order valence-corrected chi connectivity index (χ3v) is 7.04. The maximum atomic E-state index is 12.9. The van der Waals surface area contributed by atoms with Crippen LogP contribution < -0.4 is 4.74 Å². The molecule has 1 aromatic heterocycles. The number of carbonyl (C=O) groups excluding carboxylic acids is 1. The van der Waals surface area contributed by atoms with Crippen molar-refractivity contribution in [2.24, 2.45) is 0 Å². The van der Waals surface area contributed by atoms with Crippen molar-refractivity contribution in [1.29, 1.82) is 0 Å². The molecule has 7 heteroatoms. The van der Waals surface area contributed by atoms with Crippen LogP contribution in [0.1, 0.15) is 37.7 Å². The number of benzene rings is 1. The molecule has 4 rings (SSSR count). The lowest BCUT2D eigenvalue weighted by Gasteiger charge is -2.39. The summed E-state index contributed by atoms with van der Waals surface area (Å²) < 4.78 is 29.2. The maximum absolute atomic E-state index is 12.9. The van der Waals surface area contributed by atoms with Crippen LogP contribution in [-0.4, -0.2) is 48.7 Å². The minimum Gasteiger partial charge on any atom is -0.490 e. The molecule has 1 amide bonds. The minimum atomic E-state index is -3.19. The second-order valence-electron chi connectivity index (χ2n) is 8.00. The molecule has 0 aliphatic carbocycles. The molecule has 2 aromatic rings. The van der Waals surface area contributed by atoms with Crippen molar-refractivity contribution in [2.75, 3.05) is 6.26 Å². The Labute approximate surface area is 171 Å². The Hall–Kier alpha value is -2.41. The lowest BCUT2D eigenvalue weighted by Crippen LogP contribution is -2.49. The van der Waals surface area contributed by atoms with E-state index in [1.165, 1.54) is 6.26 Å². The Bertz CT molecular complexity index is 946. The average Bonchev–Trinajstić information content (AvgIpc) is 2.97. The normalized spacial score (nSPS) is 23.8. The van der Waals surface area contributed by atoms with Crippen LogP contribution >= 0.6 is 0 Å². The van der Waals surface area contributed by atoms with E-state index in [1.54, 1.807) is 36.7 Å². The zero-order chi connectivity index (χ0) is 20.4. The van der Waals surface area contributed by atoms with Crippen molar-refractivity contribution in [3.8, 4) is 5.75 Å². The van der Waals surface area contributed by atoms with Gasteiger partial charge in [-0.25, -0.2) is 8.42 Å². The highest BCUT2D eigenvalue weighted by Gasteiger charge is 2.43. The number of sulfone groups is 1. The van der Waals surface area contributed by atoms with E-state index in [0.717, 1.165) is 37.0 Å². The van der Waals surface area contributed by atoms with Gasteiger partial charge in [-0.3, -0.25) is 9.78 Å². The third kappa shape index (κ3) is 4.61. The SMILES string of the molecule is CS(=O)(=O)c1ccc(CCC(=O)N2C3CCC2CC(Oc2ccncc2)C3)cc1. The highest BCUT2D eigenvalue weighted by molar-refractivity contribution is 7.90. The lowest BCUT2D eigenvalue weighted by molar-refractivity contribution is -0.137. The van der Waals surface area contributed by atoms with Gasteiger partial charge in [-0.05, 0) is 49.1 Å². The van der Waals surface area contributed by atoms with Crippen LogP contribution in [0.2, 0.25) is 0 Å². The molecule has 0 radical (unpaired) electrons. The Morgan fingerprint density at radius 2 is 1.69 bits per heavy atom. The van der Waals surface area contributed by atoms with Crippen LogP contribution in [-0.2, 0) is 21.1 Å². The van der Waals surface area contributed by atoms with E-state index in [0.29, 0.717) is 17.7 Å². The molecule has 2 aliphatic heterocycles. The van der Waals surface area contributed by atoms with E-state index >= 15 is 0 Å². The molecular formula is C22H26N2O4S. The molecule has 2 unspecified atom stereocenters. The third-order valence-electron chi connectivity index (χ3n) is 5.91. The summed E-state index contributed by atoms with van der Waals surface area (Å²) in [5.74, 6) is 1.02. The first-order valence-corrected chi connectivity index (χ1v) is 12.0. The smallest absolute Gasteiger partial charge is 0.223 e. The number of hydrogen-bond donors (Lipinski definition) is 0. The molecule has 154 valence electrons. The van der Waals surface area contributed by atoms with Gasteiger partial charge in [0, 0.05) is 50.0 Å². The lowest BCUT2D eigenvalue weighted by atomic mass is 9.98. The summed E-state index contributed by atoms with van der Waals surface area (Å²) in [5, 5.41) is 0. The van der Waals surface area contributed by atoms with Gasteiger partial charge in [0.05, 0.1) is 4.90 Å². The standard InChI is InChI=1S/C22H26N2O4S/c1-29(26,27)21-7-2-16(3-8-21)4-9-22(25)24-17-5-6-18(24)15-20(14-17)28-19-10-12-23-13-11-19/h2-3,7-8,10-13,17-18,20H,4-6,9,14-15H2,1H3. The van der Waals surface area contributed by atoms with Gasteiger partial charge < -0.3 is 9.64 Å². The Morgan fingerprint density at radius 3 is 2.28 bits per heavy atom. The number of aryl methyl sites for hydroxylation is 1. The van der Waals surface area contributed by atoms with Gasteiger partial charge in [0.15, 0.2) is 9.84 Å². The minimum absolute atomic E-state index is 0.141. The molecule has 0 N–H and O–H groups in total. The molecule has 2 atom stereocenters. The summed E-state index contributed by atoms with van der Waals surface area (Å²) in [5.41, 5.74) is 0.981. The van der Waals surface area contributed by atoms with Crippen molar-refractivity contribution in [2.45, 2.75) is 61.6 Å².